The third-order valence-electron chi connectivity index (χ3n) is 0.299. The van der Waals surface area contributed by atoms with E-state index in [2.05, 4.69) is 14.5 Å². The quantitative estimate of drug-likeness (QED) is 0.168. The Morgan fingerprint density at radius 1 is 1.57 bits per heavy atom. The minimum Gasteiger partial charge on any atom is -0.318 e. The van der Waals surface area contributed by atoms with Gasteiger partial charge in [-0.3, -0.25) is 4.58 Å². The van der Waals surface area contributed by atoms with Crippen LogP contribution in [0.15, 0.2) is 12.3 Å². The zero-order valence-electron chi connectivity index (χ0n) is 4.38. The van der Waals surface area contributed by atoms with Gasteiger partial charge in [-0.15, -0.1) is 0 Å². The first-order chi connectivity index (χ1) is 3.41. The molecule has 0 rings (SSSR count). The van der Waals surface area contributed by atoms with Gasteiger partial charge in [0.15, 0.2) is 10.5 Å². The highest BCUT2D eigenvalue weighted by atomic mass is 28.2. The van der Waals surface area contributed by atoms with Gasteiger partial charge in [0.25, 0.3) is 0 Å². The van der Waals surface area contributed by atoms with E-state index in [0.717, 1.165) is 0 Å². The van der Waals surface area contributed by atoms with Gasteiger partial charge in [-0.05, 0) is 18.0 Å². The summed E-state index contributed by atoms with van der Waals surface area (Å²) in [7, 11) is 0.525. The van der Waals surface area contributed by atoms with Crippen molar-refractivity contribution in [3.63, 3.8) is 0 Å². The summed E-state index contributed by atoms with van der Waals surface area (Å²) in [6.07, 6.45) is 3.08. The third kappa shape index (κ3) is 5.68. The molecule has 0 fully saturated rings. The Bertz CT molecular complexity index is 54.1. The summed E-state index contributed by atoms with van der Waals surface area (Å²) in [6, 6.07) is 0. The molecule has 0 aliphatic rings. The molecule has 0 heterocycles. The maximum absolute atomic E-state index is 4.26. The summed E-state index contributed by atoms with van der Waals surface area (Å²) in [4.78, 5) is 4.26. The molecular formula is C3H8O3Si. The fraction of sp³-hybridized carbons (Fsp3) is 0.333. The van der Waals surface area contributed by atoms with Gasteiger partial charge in [0.2, 0.25) is 0 Å². The molecule has 4 heteroatoms. The molecule has 42 valence electrons. The van der Waals surface area contributed by atoms with Crippen LogP contribution in [-0.2, 0) is 14.5 Å². The second-order valence-electron chi connectivity index (χ2n) is 0.800. The monoisotopic (exact) mass is 120 g/mol. The summed E-state index contributed by atoms with van der Waals surface area (Å²) in [5, 5.41) is 4.05. The lowest BCUT2D eigenvalue weighted by molar-refractivity contribution is -0.439. The normalized spacial score (nSPS) is 10.4. The molecule has 7 heavy (non-hydrogen) atoms. The standard InChI is InChI=1S/C3H8O3Si/c1-2-3-4-5-6-7/h2-3H,1,7H3. The van der Waals surface area contributed by atoms with Gasteiger partial charge in [-0.2, -0.15) is 0 Å². The summed E-state index contributed by atoms with van der Waals surface area (Å²) in [5.74, 6) is 0. The number of hydrogen-bond donors (Lipinski definition) is 0. The van der Waals surface area contributed by atoms with E-state index in [4.69, 9.17) is 0 Å². The van der Waals surface area contributed by atoms with Crippen molar-refractivity contribution in [2.75, 3.05) is 0 Å². The van der Waals surface area contributed by atoms with E-state index >= 15 is 0 Å². The van der Waals surface area contributed by atoms with Crippen molar-refractivity contribution < 1.29 is 14.5 Å². The van der Waals surface area contributed by atoms with Crippen LogP contribution in [0.5, 0.6) is 0 Å². The van der Waals surface area contributed by atoms with E-state index in [0.29, 0.717) is 10.5 Å². The molecule has 3 nitrogen and oxygen atoms in total. The van der Waals surface area contributed by atoms with E-state index in [-0.39, 0.29) is 0 Å². The number of allylic oxidation sites excluding steroid dienone is 1. The molecule has 0 bridgehead atoms. The van der Waals surface area contributed by atoms with E-state index in [1.807, 2.05) is 6.92 Å². The van der Waals surface area contributed by atoms with Gasteiger partial charge in [0, 0.05) is 0 Å². The predicted octanol–water partition coefficient (Wildman–Crippen LogP) is -0.320. The molecule has 0 radical (unpaired) electrons. The lowest BCUT2D eigenvalue weighted by atomic mass is 10.7. The number of rotatable bonds is 3. The minimum absolute atomic E-state index is 0.525. The average molecular weight is 120 g/mol. The van der Waals surface area contributed by atoms with Crippen LogP contribution in [0.2, 0.25) is 0 Å². The Balaban J connectivity index is 2.69. The van der Waals surface area contributed by atoms with Crippen LogP contribution < -0.4 is 0 Å². The van der Waals surface area contributed by atoms with Gasteiger partial charge >= 0.3 is 0 Å². The van der Waals surface area contributed by atoms with Crippen molar-refractivity contribution in [2.45, 2.75) is 6.92 Å². The predicted molar refractivity (Wildman–Crippen MR) is 28.0 cm³/mol. The molecular weight excluding hydrogens is 112 g/mol. The zero-order valence-corrected chi connectivity index (χ0v) is 6.38. The largest absolute Gasteiger partial charge is 0.318 e. The molecule has 0 aromatic heterocycles. The molecule has 0 aromatic rings. The topological polar surface area (TPSA) is 27.7 Å². The van der Waals surface area contributed by atoms with E-state index in [9.17, 15) is 0 Å². The van der Waals surface area contributed by atoms with Crippen molar-refractivity contribution in [1.82, 2.24) is 0 Å². The average Bonchev–Trinajstić information content (AvgIpc) is 1.69. The first-order valence-electron chi connectivity index (χ1n) is 1.89. The van der Waals surface area contributed by atoms with Gasteiger partial charge in [-0.25, -0.2) is 0 Å². The van der Waals surface area contributed by atoms with Crippen LogP contribution in [0.25, 0.3) is 0 Å². The van der Waals surface area contributed by atoms with Gasteiger partial charge in [0.05, 0.1) is 0 Å². The van der Waals surface area contributed by atoms with E-state index in [1.54, 1.807) is 6.08 Å². The fourth-order valence-corrected chi connectivity index (χ4v) is 0.196. The van der Waals surface area contributed by atoms with Gasteiger partial charge in [0.1, 0.15) is 6.26 Å². The van der Waals surface area contributed by atoms with Crippen LogP contribution >= 0.6 is 0 Å². The highest BCUT2D eigenvalue weighted by Gasteiger charge is 1.68. The van der Waals surface area contributed by atoms with Crippen LogP contribution in [0.3, 0.4) is 0 Å². The van der Waals surface area contributed by atoms with Crippen LogP contribution in [0.4, 0.5) is 0 Å². The first kappa shape index (κ1) is 6.68. The Labute approximate surface area is 45.3 Å². The summed E-state index contributed by atoms with van der Waals surface area (Å²) in [5.41, 5.74) is 0. The van der Waals surface area contributed by atoms with Crippen molar-refractivity contribution in [2.24, 2.45) is 0 Å². The SMILES string of the molecule is CC=COOO[SiH3]. The summed E-state index contributed by atoms with van der Waals surface area (Å²) < 4.78 is 4.21. The smallest absolute Gasteiger partial charge is 0.198 e. The molecule has 0 atom stereocenters. The Kier molecular flexibility index (Phi) is 5.41. The zero-order chi connectivity index (χ0) is 5.54. The maximum Gasteiger partial charge on any atom is 0.198 e. The Morgan fingerprint density at radius 3 is 2.71 bits per heavy atom. The van der Waals surface area contributed by atoms with E-state index < -0.39 is 0 Å². The molecule has 0 spiro atoms. The summed E-state index contributed by atoms with van der Waals surface area (Å²) in [6.45, 7) is 1.82. The molecule has 0 unspecified atom stereocenters. The van der Waals surface area contributed by atoms with Gasteiger partial charge in [-0.1, -0.05) is 0 Å². The lowest BCUT2D eigenvalue weighted by Gasteiger charge is -1.90. The second kappa shape index (κ2) is 5.68. The molecule has 0 saturated heterocycles. The Hall–Kier alpha value is -0.323. The van der Waals surface area contributed by atoms with Crippen molar-refractivity contribution in [3.05, 3.63) is 12.3 Å². The molecule has 0 amide bonds. The fourth-order valence-electron chi connectivity index (χ4n) is 0.118. The molecule has 0 aromatic carbocycles. The second-order valence-corrected chi connectivity index (χ2v) is 1.13. The molecule has 0 saturated carbocycles. The highest BCUT2D eigenvalue weighted by Crippen LogP contribution is 1.76. The van der Waals surface area contributed by atoms with Gasteiger partial charge < -0.3 is 4.89 Å². The number of hydrogen-bond acceptors (Lipinski definition) is 3. The minimum atomic E-state index is 0.525. The van der Waals surface area contributed by atoms with Crippen LogP contribution in [0.1, 0.15) is 6.92 Å². The lowest BCUT2D eigenvalue weighted by Crippen LogP contribution is -1.84. The molecule has 0 aliphatic heterocycles. The van der Waals surface area contributed by atoms with Crippen molar-refractivity contribution >= 4 is 10.5 Å². The molecule has 0 N–H and O–H groups in total. The summed E-state index contributed by atoms with van der Waals surface area (Å²) >= 11 is 0. The molecule has 0 aliphatic carbocycles. The third-order valence-corrected chi connectivity index (χ3v) is 0.435. The van der Waals surface area contributed by atoms with Crippen LogP contribution in [-0.4, -0.2) is 10.5 Å². The Morgan fingerprint density at radius 2 is 2.29 bits per heavy atom. The highest BCUT2D eigenvalue weighted by molar-refractivity contribution is 5.97. The van der Waals surface area contributed by atoms with E-state index in [1.165, 1.54) is 6.26 Å². The van der Waals surface area contributed by atoms with Crippen molar-refractivity contribution in [3.8, 4) is 0 Å². The van der Waals surface area contributed by atoms with Crippen LogP contribution in [0, 0.1) is 0 Å². The van der Waals surface area contributed by atoms with Crippen molar-refractivity contribution in [1.29, 1.82) is 0 Å². The first-order valence-corrected chi connectivity index (χ1v) is 2.70. The maximum atomic E-state index is 4.26.